The number of rotatable bonds is 3. The molecule has 32 heavy (non-hydrogen) atoms. The summed E-state index contributed by atoms with van der Waals surface area (Å²) in [7, 11) is 0. The van der Waals surface area contributed by atoms with Gasteiger partial charge in [0.1, 0.15) is 17.0 Å². The second kappa shape index (κ2) is 8.48. The van der Waals surface area contributed by atoms with Gasteiger partial charge in [0, 0.05) is 48.8 Å². The summed E-state index contributed by atoms with van der Waals surface area (Å²) in [5, 5.41) is 11.3. The molecule has 0 bridgehead atoms. The van der Waals surface area contributed by atoms with Crippen LogP contribution in [-0.2, 0) is 11.2 Å². The minimum absolute atomic E-state index is 0.103. The molecule has 0 atom stereocenters. The van der Waals surface area contributed by atoms with Gasteiger partial charge in [-0.1, -0.05) is 17.7 Å². The lowest BCUT2D eigenvalue weighted by Gasteiger charge is -2.37. The van der Waals surface area contributed by atoms with E-state index in [1.165, 1.54) is 6.07 Å². The van der Waals surface area contributed by atoms with Crippen LogP contribution in [0.5, 0.6) is 5.75 Å². The maximum Gasteiger partial charge on any atom is 0.360 e. The van der Waals surface area contributed by atoms with Crippen LogP contribution in [0.15, 0.2) is 51.7 Å². The molecule has 1 amide bonds. The van der Waals surface area contributed by atoms with Crippen molar-refractivity contribution < 1.29 is 14.3 Å². The number of aromatic hydroxyl groups is 1. The van der Waals surface area contributed by atoms with Gasteiger partial charge in [-0.2, -0.15) is 0 Å². The number of fused-ring (bicyclic) bond motifs is 3. The number of carbonyl (C=O) groups is 1. The molecule has 2 aromatic carbocycles. The molecule has 1 saturated heterocycles. The Bertz CT molecular complexity index is 1230. The average Bonchev–Trinajstić information content (AvgIpc) is 2.80. The molecule has 8 heteroatoms. The first kappa shape index (κ1) is 20.8. The summed E-state index contributed by atoms with van der Waals surface area (Å²) in [5.74, 6) is 0.00327. The zero-order valence-corrected chi connectivity index (χ0v) is 18.3. The van der Waals surface area contributed by atoms with E-state index in [2.05, 4.69) is 9.80 Å². The Morgan fingerprint density at radius 1 is 1.06 bits per heavy atom. The predicted molar refractivity (Wildman–Crippen MR) is 125 cm³/mol. The van der Waals surface area contributed by atoms with Gasteiger partial charge < -0.3 is 19.3 Å². The number of aryl methyl sites for hydroxylation is 1. The van der Waals surface area contributed by atoms with Crippen LogP contribution in [0.2, 0.25) is 5.02 Å². The Hall–Kier alpha value is -3.03. The minimum Gasteiger partial charge on any atom is -0.508 e. The molecule has 1 aromatic heterocycles. The third kappa shape index (κ3) is 3.94. The van der Waals surface area contributed by atoms with Gasteiger partial charge in [0.05, 0.1) is 6.54 Å². The lowest BCUT2D eigenvalue weighted by Crippen LogP contribution is -2.51. The normalized spacial score (nSPS) is 16.9. The lowest BCUT2D eigenvalue weighted by atomic mass is 9.98. The summed E-state index contributed by atoms with van der Waals surface area (Å²) in [4.78, 5) is 31.9. The van der Waals surface area contributed by atoms with E-state index in [-0.39, 0.29) is 18.2 Å². The molecule has 166 valence electrons. The topological polar surface area (TPSA) is 77.2 Å². The highest BCUT2D eigenvalue weighted by Gasteiger charge is 2.30. The van der Waals surface area contributed by atoms with Crippen LogP contribution in [0, 0.1) is 0 Å². The van der Waals surface area contributed by atoms with Gasteiger partial charge in [0.2, 0.25) is 5.91 Å². The fourth-order valence-electron chi connectivity index (χ4n) is 4.66. The van der Waals surface area contributed by atoms with Crippen molar-refractivity contribution in [1.82, 2.24) is 4.90 Å². The molecule has 1 fully saturated rings. The minimum atomic E-state index is -0.503. The molecule has 1 N–H and O–H groups in total. The molecular formula is C24H24ClN3O4. The first-order chi connectivity index (χ1) is 15.5. The van der Waals surface area contributed by atoms with E-state index >= 15 is 0 Å². The Morgan fingerprint density at radius 3 is 2.66 bits per heavy atom. The zero-order valence-electron chi connectivity index (χ0n) is 17.6. The number of carbonyl (C=O) groups excluding carboxylic acids is 1. The summed E-state index contributed by atoms with van der Waals surface area (Å²) >= 11 is 6.11. The highest BCUT2D eigenvalue weighted by molar-refractivity contribution is 6.30. The predicted octanol–water partition coefficient (Wildman–Crippen LogP) is 3.25. The van der Waals surface area contributed by atoms with Gasteiger partial charge in [-0.05, 0) is 54.8 Å². The van der Waals surface area contributed by atoms with E-state index in [0.29, 0.717) is 34.6 Å². The van der Waals surface area contributed by atoms with Crippen LogP contribution in [0.3, 0.4) is 0 Å². The van der Waals surface area contributed by atoms with Crippen LogP contribution in [0.25, 0.3) is 11.0 Å². The standard InChI is InChI=1S/C24H24ClN3O4/c25-16-3-1-4-17(13-16)27-11-9-26(10-12-27)15-22(30)28-8-2-5-19-20-14-18(29)6-7-21(20)32-24(31)23(19)28/h1,3-4,6-7,13-14,29H,2,5,8-12,15H2. The summed E-state index contributed by atoms with van der Waals surface area (Å²) in [6.45, 7) is 3.84. The molecule has 0 saturated carbocycles. The number of piperazine rings is 1. The molecule has 3 aromatic rings. The van der Waals surface area contributed by atoms with E-state index < -0.39 is 5.63 Å². The average molecular weight is 454 g/mol. The lowest BCUT2D eigenvalue weighted by molar-refractivity contribution is -0.119. The van der Waals surface area contributed by atoms with Gasteiger partial charge in [0.15, 0.2) is 0 Å². The third-order valence-electron chi connectivity index (χ3n) is 6.25. The van der Waals surface area contributed by atoms with Gasteiger partial charge in [-0.25, -0.2) is 4.79 Å². The van der Waals surface area contributed by atoms with Crippen molar-refractivity contribution in [2.75, 3.05) is 49.1 Å². The Labute approximate surface area is 190 Å². The maximum absolute atomic E-state index is 13.2. The molecule has 0 radical (unpaired) electrons. The zero-order chi connectivity index (χ0) is 22.2. The van der Waals surface area contributed by atoms with Crippen LogP contribution < -0.4 is 15.4 Å². The van der Waals surface area contributed by atoms with Crippen LogP contribution in [-0.4, -0.2) is 55.2 Å². The van der Waals surface area contributed by atoms with Gasteiger partial charge in [0.25, 0.3) is 0 Å². The number of nitrogens with zero attached hydrogens (tertiary/aromatic N) is 3. The summed E-state index contributed by atoms with van der Waals surface area (Å²) in [5.41, 5.74) is 2.10. The highest BCUT2D eigenvalue weighted by Crippen LogP contribution is 2.32. The van der Waals surface area contributed by atoms with Crippen molar-refractivity contribution in [2.45, 2.75) is 12.8 Å². The van der Waals surface area contributed by atoms with E-state index in [4.69, 9.17) is 16.0 Å². The molecule has 0 spiro atoms. The second-order valence-corrected chi connectivity index (χ2v) is 8.73. The molecule has 0 aliphatic carbocycles. The number of phenols is 1. The molecular weight excluding hydrogens is 430 g/mol. The van der Waals surface area contributed by atoms with Crippen molar-refractivity contribution in [3.8, 4) is 5.75 Å². The van der Waals surface area contributed by atoms with Crippen molar-refractivity contribution in [3.63, 3.8) is 0 Å². The molecule has 2 aliphatic heterocycles. The van der Waals surface area contributed by atoms with Crippen molar-refractivity contribution >= 4 is 39.9 Å². The van der Waals surface area contributed by atoms with Crippen molar-refractivity contribution in [1.29, 1.82) is 0 Å². The maximum atomic E-state index is 13.2. The first-order valence-corrected chi connectivity index (χ1v) is 11.2. The van der Waals surface area contributed by atoms with Crippen molar-refractivity contribution in [3.05, 3.63) is 63.5 Å². The number of anilines is 2. The number of amides is 1. The van der Waals surface area contributed by atoms with E-state index in [1.54, 1.807) is 17.0 Å². The fourth-order valence-corrected chi connectivity index (χ4v) is 4.84. The Balaban J connectivity index is 1.32. The summed E-state index contributed by atoms with van der Waals surface area (Å²) in [6, 6.07) is 12.5. The smallest absolute Gasteiger partial charge is 0.360 e. The number of hydrogen-bond donors (Lipinski definition) is 1. The molecule has 2 aliphatic rings. The van der Waals surface area contributed by atoms with Crippen molar-refractivity contribution in [2.24, 2.45) is 0 Å². The van der Waals surface area contributed by atoms with Crippen LogP contribution >= 0.6 is 11.6 Å². The monoisotopic (exact) mass is 453 g/mol. The van der Waals surface area contributed by atoms with E-state index in [0.717, 1.165) is 43.9 Å². The SMILES string of the molecule is O=C(CN1CCN(c2cccc(Cl)c2)CC1)N1CCCc2c1c(=O)oc1ccc(O)cc21. The Morgan fingerprint density at radius 2 is 1.88 bits per heavy atom. The number of halogens is 1. The third-order valence-corrected chi connectivity index (χ3v) is 6.49. The summed E-state index contributed by atoms with van der Waals surface area (Å²) in [6.07, 6.45) is 1.43. The van der Waals surface area contributed by atoms with Gasteiger partial charge in [-0.15, -0.1) is 0 Å². The Kier molecular flexibility index (Phi) is 5.53. The quantitative estimate of drug-likeness (QED) is 0.613. The molecule has 7 nitrogen and oxygen atoms in total. The summed E-state index contributed by atoms with van der Waals surface area (Å²) < 4.78 is 5.47. The van der Waals surface area contributed by atoms with Gasteiger partial charge >= 0.3 is 5.63 Å². The molecule has 0 unspecified atom stereocenters. The van der Waals surface area contributed by atoms with E-state index in [1.807, 2.05) is 24.3 Å². The number of phenolic OH excluding ortho intramolecular Hbond substituents is 1. The van der Waals surface area contributed by atoms with Crippen LogP contribution in [0.4, 0.5) is 11.4 Å². The highest BCUT2D eigenvalue weighted by atomic mass is 35.5. The number of benzene rings is 2. The second-order valence-electron chi connectivity index (χ2n) is 8.29. The molecule has 5 rings (SSSR count). The first-order valence-electron chi connectivity index (χ1n) is 10.8. The van der Waals surface area contributed by atoms with Gasteiger partial charge in [-0.3, -0.25) is 9.69 Å². The largest absolute Gasteiger partial charge is 0.508 e. The molecule has 3 heterocycles. The fraction of sp³-hybridized carbons (Fsp3) is 0.333. The number of hydrogen-bond acceptors (Lipinski definition) is 6. The van der Waals surface area contributed by atoms with Crippen LogP contribution in [0.1, 0.15) is 12.0 Å². The van der Waals surface area contributed by atoms with E-state index in [9.17, 15) is 14.7 Å².